The van der Waals surface area contributed by atoms with Gasteiger partial charge in [0.25, 0.3) is 0 Å². The summed E-state index contributed by atoms with van der Waals surface area (Å²) >= 11 is 9.24. The standard InChI is InChI=1S/C15H13BrClFO/c1-9-6-14(19-2)12(16)8-11(9)7-10-4-3-5-13(17)15(10)18/h3-6,8H,7H2,1-2H3. The van der Waals surface area contributed by atoms with Crippen LogP contribution in [0.2, 0.25) is 5.02 Å². The van der Waals surface area contributed by atoms with Crippen molar-refractivity contribution in [1.29, 1.82) is 0 Å². The molecular formula is C15H13BrClFO. The minimum atomic E-state index is -0.351. The molecule has 0 amide bonds. The van der Waals surface area contributed by atoms with Gasteiger partial charge in [-0.3, -0.25) is 0 Å². The van der Waals surface area contributed by atoms with Crippen molar-refractivity contribution < 1.29 is 9.13 Å². The predicted octanol–water partition coefficient (Wildman–Crippen LogP) is 5.15. The van der Waals surface area contributed by atoms with Crippen molar-refractivity contribution in [1.82, 2.24) is 0 Å². The lowest BCUT2D eigenvalue weighted by Gasteiger charge is -2.11. The summed E-state index contributed by atoms with van der Waals surface area (Å²) in [5, 5.41) is 0.155. The second-order valence-electron chi connectivity index (χ2n) is 4.30. The molecule has 0 spiro atoms. The van der Waals surface area contributed by atoms with E-state index in [2.05, 4.69) is 15.9 Å². The van der Waals surface area contributed by atoms with Crippen LogP contribution >= 0.6 is 27.5 Å². The number of hydrogen-bond acceptors (Lipinski definition) is 1. The van der Waals surface area contributed by atoms with Gasteiger partial charge in [-0.05, 0) is 57.7 Å². The molecule has 2 rings (SSSR count). The first-order chi connectivity index (χ1) is 9.02. The van der Waals surface area contributed by atoms with Crippen LogP contribution < -0.4 is 4.74 Å². The highest BCUT2D eigenvalue weighted by Gasteiger charge is 2.11. The van der Waals surface area contributed by atoms with Crippen molar-refractivity contribution in [2.45, 2.75) is 13.3 Å². The summed E-state index contributed by atoms with van der Waals surface area (Å²) in [5.74, 6) is 0.420. The first-order valence-corrected chi connectivity index (χ1v) is 6.96. The first-order valence-electron chi connectivity index (χ1n) is 5.79. The Kier molecular flexibility index (Phi) is 4.48. The second kappa shape index (κ2) is 5.93. The maximum absolute atomic E-state index is 13.9. The van der Waals surface area contributed by atoms with Gasteiger partial charge < -0.3 is 4.74 Å². The average Bonchev–Trinajstić information content (AvgIpc) is 2.38. The molecule has 0 radical (unpaired) electrons. The second-order valence-corrected chi connectivity index (χ2v) is 5.56. The number of aryl methyl sites for hydroxylation is 1. The molecule has 0 fully saturated rings. The summed E-state index contributed by atoms with van der Waals surface area (Å²) in [4.78, 5) is 0. The molecule has 0 aliphatic heterocycles. The number of halogens is 3. The molecular weight excluding hydrogens is 331 g/mol. The zero-order valence-corrected chi connectivity index (χ0v) is 13.0. The number of methoxy groups -OCH3 is 1. The molecule has 0 aromatic heterocycles. The molecule has 0 atom stereocenters. The SMILES string of the molecule is COc1cc(C)c(Cc2cccc(Cl)c2F)cc1Br. The summed E-state index contributed by atoms with van der Waals surface area (Å²) in [6.07, 6.45) is 0.501. The smallest absolute Gasteiger partial charge is 0.145 e. The van der Waals surface area contributed by atoms with Crippen LogP contribution in [-0.4, -0.2) is 7.11 Å². The van der Waals surface area contributed by atoms with Crippen molar-refractivity contribution in [3.8, 4) is 5.75 Å². The van der Waals surface area contributed by atoms with Gasteiger partial charge in [-0.25, -0.2) is 4.39 Å². The van der Waals surface area contributed by atoms with Crippen LogP contribution in [0.15, 0.2) is 34.8 Å². The van der Waals surface area contributed by atoms with E-state index < -0.39 is 0 Å². The molecule has 0 saturated heterocycles. The molecule has 100 valence electrons. The Morgan fingerprint density at radius 3 is 2.68 bits per heavy atom. The van der Waals surface area contributed by atoms with Crippen molar-refractivity contribution in [3.63, 3.8) is 0 Å². The van der Waals surface area contributed by atoms with Crippen LogP contribution in [0.4, 0.5) is 4.39 Å². The zero-order valence-electron chi connectivity index (χ0n) is 10.6. The van der Waals surface area contributed by atoms with Crippen molar-refractivity contribution in [2.24, 2.45) is 0 Å². The van der Waals surface area contributed by atoms with E-state index >= 15 is 0 Å². The zero-order chi connectivity index (χ0) is 14.0. The van der Waals surface area contributed by atoms with E-state index in [1.165, 1.54) is 0 Å². The highest BCUT2D eigenvalue weighted by Crippen LogP contribution is 2.30. The summed E-state index contributed by atoms with van der Waals surface area (Å²) < 4.78 is 20.0. The molecule has 0 aliphatic carbocycles. The minimum absolute atomic E-state index is 0.155. The molecule has 0 heterocycles. The Hall–Kier alpha value is -1.06. The van der Waals surface area contributed by atoms with Crippen molar-refractivity contribution in [3.05, 3.63) is 62.3 Å². The van der Waals surface area contributed by atoms with E-state index in [0.717, 1.165) is 21.3 Å². The molecule has 0 bridgehead atoms. The third-order valence-electron chi connectivity index (χ3n) is 3.02. The van der Waals surface area contributed by atoms with Gasteiger partial charge in [0.2, 0.25) is 0 Å². The summed E-state index contributed by atoms with van der Waals surface area (Å²) in [6.45, 7) is 1.98. The van der Waals surface area contributed by atoms with E-state index in [1.54, 1.807) is 25.3 Å². The van der Waals surface area contributed by atoms with Gasteiger partial charge in [0, 0.05) is 6.42 Å². The number of hydrogen-bond donors (Lipinski definition) is 0. The normalized spacial score (nSPS) is 10.6. The Labute approximate surface area is 125 Å². The third-order valence-corrected chi connectivity index (χ3v) is 3.93. The van der Waals surface area contributed by atoms with Crippen molar-refractivity contribution in [2.75, 3.05) is 7.11 Å². The molecule has 0 aliphatic rings. The number of benzene rings is 2. The molecule has 4 heteroatoms. The molecule has 19 heavy (non-hydrogen) atoms. The fraction of sp³-hybridized carbons (Fsp3) is 0.200. The lowest BCUT2D eigenvalue weighted by atomic mass is 10.00. The third kappa shape index (κ3) is 3.10. The average molecular weight is 344 g/mol. The first kappa shape index (κ1) is 14.4. The van der Waals surface area contributed by atoms with Crippen LogP contribution in [0, 0.1) is 12.7 Å². The van der Waals surface area contributed by atoms with Gasteiger partial charge in [-0.15, -0.1) is 0 Å². The van der Waals surface area contributed by atoms with Crippen LogP contribution in [-0.2, 0) is 6.42 Å². The summed E-state index contributed by atoms with van der Waals surface area (Å²) in [5.41, 5.74) is 2.68. The topological polar surface area (TPSA) is 9.23 Å². The molecule has 1 nitrogen and oxygen atoms in total. The highest BCUT2D eigenvalue weighted by molar-refractivity contribution is 9.10. The van der Waals surface area contributed by atoms with Crippen LogP contribution in [0.5, 0.6) is 5.75 Å². The van der Waals surface area contributed by atoms with Crippen LogP contribution in [0.25, 0.3) is 0 Å². The van der Waals surface area contributed by atoms with Gasteiger partial charge in [-0.2, -0.15) is 0 Å². The molecule has 0 N–H and O–H groups in total. The van der Waals surface area contributed by atoms with Gasteiger partial charge in [0.15, 0.2) is 0 Å². The quantitative estimate of drug-likeness (QED) is 0.749. The van der Waals surface area contributed by atoms with Crippen LogP contribution in [0.3, 0.4) is 0 Å². The van der Waals surface area contributed by atoms with E-state index in [1.807, 2.05) is 19.1 Å². The molecule has 2 aromatic carbocycles. The highest BCUT2D eigenvalue weighted by atomic mass is 79.9. The Morgan fingerprint density at radius 2 is 2.00 bits per heavy atom. The summed E-state index contributed by atoms with van der Waals surface area (Å²) in [6, 6.07) is 8.95. The maximum Gasteiger partial charge on any atom is 0.145 e. The Bertz CT molecular complexity index is 613. The maximum atomic E-state index is 13.9. The molecule has 0 unspecified atom stereocenters. The minimum Gasteiger partial charge on any atom is -0.496 e. The van der Waals surface area contributed by atoms with E-state index in [-0.39, 0.29) is 10.8 Å². The molecule has 2 aromatic rings. The van der Waals surface area contributed by atoms with E-state index in [9.17, 15) is 4.39 Å². The Balaban J connectivity index is 2.38. The lowest BCUT2D eigenvalue weighted by Crippen LogP contribution is -1.97. The van der Waals surface area contributed by atoms with Crippen LogP contribution in [0.1, 0.15) is 16.7 Å². The Morgan fingerprint density at radius 1 is 1.26 bits per heavy atom. The van der Waals surface area contributed by atoms with Gasteiger partial charge >= 0.3 is 0 Å². The van der Waals surface area contributed by atoms with Gasteiger partial charge in [0.1, 0.15) is 11.6 Å². The fourth-order valence-electron chi connectivity index (χ4n) is 1.93. The summed E-state index contributed by atoms with van der Waals surface area (Å²) in [7, 11) is 1.62. The van der Waals surface area contributed by atoms with Crippen molar-refractivity contribution >= 4 is 27.5 Å². The van der Waals surface area contributed by atoms with E-state index in [0.29, 0.717) is 12.0 Å². The predicted molar refractivity (Wildman–Crippen MR) is 79.6 cm³/mol. The number of ether oxygens (including phenoxy) is 1. The lowest BCUT2D eigenvalue weighted by molar-refractivity contribution is 0.411. The van der Waals surface area contributed by atoms with E-state index in [4.69, 9.17) is 16.3 Å². The largest absolute Gasteiger partial charge is 0.496 e. The monoisotopic (exact) mass is 342 g/mol. The molecule has 0 saturated carbocycles. The fourth-order valence-corrected chi connectivity index (χ4v) is 2.68. The van der Waals surface area contributed by atoms with Gasteiger partial charge in [-0.1, -0.05) is 23.7 Å². The van der Waals surface area contributed by atoms with Gasteiger partial charge in [0.05, 0.1) is 16.6 Å². The number of rotatable bonds is 3.